The van der Waals surface area contributed by atoms with E-state index in [1.807, 2.05) is 0 Å². The van der Waals surface area contributed by atoms with E-state index in [0.717, 1.165) is 0 Å². The van der Waals surface area contributed by atoms with Crippen LogP contribution in [0, 0.1) is 0 Å². The zero-order valence-electron chi connectivity index (χ0n) is 8.50. The van der Waals surface area contributed by atoms with Gasteiger partial charge < -0.3 is 14.3 Å². The summed E-state index contributed by atoms with van der Waals surface area (Å²) in [5, 5.41) is 8.92. The molecule has 0 amide bonds. The van der Waals surface area contributed by atoms with Gasteiger partial charge in [0.1, 0.15) is 5.76 Å². The lowest BCUT2D eigenvalue weighted by molar-refractivity contribution is -0.143. The molecule has 1 aliphatic carbocycles. The predicted molar refractivity (Wildman–Crippen MR) is 48.3 cm³/mol. The molecule has 2 rings (SSSR count). The van der Waals surface area contributed by atoms with Crippen molar-refractivity contribution in [3.8, 4) is 0 Å². The highest BCUT2D eigenvalue weighted by Crippen LogP contribution is 2.62. The molecule has 1 N–H and O–H groups in total. The van der Waals surface area contributed by atoms with E-state index in [1.165, 1.54) is 19.4 Å². The molecule has 0 spiro atoms. The third-order valence-corrected chi connectivity index (χ3v) is 2.79. The molecule has 1 unspecified atom stereocenters. The molecular formula is C10H10F2O4. The summed E-state index contributed by atoms with van der Waals surface area (Å²) in [5.74, 6) is -5.02. The fourth-order valence-corrected chi connectivity index (χ4v) is 1.84. The average Bonchev–Trinajstić information content (AvgIpc) is 2.58. The Morgan fingerprint density at radius 2 is 2.31 bits per heavy atom. The molecule has 4 nitrogen and oxygen atoms in total. The first-order valence-corrected chi connectivity index (χ1v) is 4.63. The smallest absolute Gasteiger partial charge is 0.323 e. The highest BCUT2D eigenvalue weighted by Gasteiger charge is 2.79. The number of carbonyl (C=O) groups is 1. The van der Waals surface area contributed by atoms with Crippen LogP contribution in [-0.2, 0) is 21.6 Å². The van der Waals surface area contributed by atoms with Crippen LogP contribution in [0.1, 0.15) is 17.7 Å². The molecule has 1 aromatic rings. The molecule has 0 radical (unpaired) electrons. The SMILES string of the molecule is COCc1ccoc1C1(C(=O)O)CC1(F)F. The third-order valence-electron chi connectivity index (χ3n) is 2.79. The number of rotatable bonds is 4. The number of carboxylic acid groups (broad SMARTS) is 1. The van der Waals surface area contributed by atoms with Gasteiger partial charge in [-0.15, -0.1) is 0 Å². The van der Waals surface area contributed by atoms with Crippen LogP contribution >= 0.6 is 0 Å². The van der Waals surface area contributed by atoms with Crippen LogP contribution in [0.4, 0.5) is 8.78 Å². The van der Waals surface area contributed by atoms with Crippen LogP contribution in [0.3, 0.4) is 0 Å². The van der Waals surface area contributed by atoms with Gasteiger partial charge in [0, 0.05) is 19.1 Å². The van der Waals surface area contributed by atoms with Crippen molar-refractivity contribution in [3.63, 3.8) is 0 Å². The highest BCUT2D eigenvalue weighted by molar-refractivity contribution is 5.87. The molecule has 0 aliphatic heterocycles. The Morgan fingerprint density at radius 1 is 1.69 bits per heavy atom. The third kappa shape index (κ3) is 1.26. The van der Waals surface area contributed by atoms with Crippen molar-refractivity contribution in [2.24, 2.45) is 0 Å². The quantitative estimate of drug-likeness (QED) is 0.859. The Bertz CT molecular complexity index is 426. The minimum Gasteiger partial charge on any atom is -0.480 e. The average molecular weight is 232 g/mol. The largest absolute Gasteiger partial charge is 0.480 e. The number of methoxy groups -OCH3 is 1. The lowest BCUT2D eigenvalue weighted by Crippen LogP contribution is -2.27. The van der Waals surface area contributed by atoms with Gasteiger partial charge in [-0.1, -0.05) is 0 Å². The molecule has 0 bridgehead atoms. The number of alkyl halides is 2. The van der Waals surface area contributed by atoms with Crippen LogP contribution in [0.2, 0.25) is 0 Å². The molecular weight excluding hydrogens is 222 g/mol. The molecule has 88 valence electrons. The summed E-state index contributed by atoms with van der Waals surface area (Å²) in [4.78, 5) is 11.0. The molecule has 0 aromatic carbocycles. The van der Waals surface area contributed by atoms with E-state index >= 15 is 0 Å². The van der Waals surface area contributed by atoms with Crippen molar-refractivity contribution >= 4 is 5.97 Å². The zero-order valence-corrected chi connectivity index (χ0v) is 8.50. The maximum absolute atomic E-state index is 13.2. The molecule has 1 atom stereocenters. The predicted octanol–water partition coefficient (Wildman–Crippen LogP) is 1.79. The number of hydrogen-bond acceptors (Lipinski definition) is 3. The summed E-state index contributed by atoms with van der Waals surface area (Å²) in [5.41, 5.74) is -1.85. The van der Waals surface area contributed by atoms with Crippen molar-refractivity contribution in [1.29, 1.82) is 0 Å². The van der Waals surface area contributed by atoms with Crippen LogP contribution in [0.25, 0.3) is 0 Å². The van der Waals surface area contributed by atoms with Crippen molar-refractivity contribution in [2.45, 2.75) is 24.4 Å². The Morgan fingerprint density at radius 3 is 2.75 bits per heavy atom. The number of ether oxygens (including phenoxy) is 1. The second-order valence-electron chi connectivity index (χ2n) is 3.80. The van der Waals surface area contributed by atoms with Crippen LogP contribution in [0.5, 0.6) is 0 Å². The normalized spacial score (nSPS) is 26.7. The first-order chi connectivity index (χ1) is 7.45. The van der Waals surface area contributed by atoms with Gasteiger partial charge in [0.05, 0.1) is 12.9 Å². The van der Waals surface area contributed by atoms with E-state index < -0.39 is 23.7 Å². The summed E-state index contributed by atoms with van der Waals surface area (Å²) in [6.07, 6.45) is 0.475. The molecule has 16 heavy (non-hydrogen) atoms. The molecule has 1 aromatic heterocycles. The summed E-state index contributed by atoms with van der Waals surface area (Å²) in [6, 6.07) is 1.44. The lowest BCUT2D eigenvalue weighted by Gasteiger charge is -2.10. The first kappa shape index (κ1) is 11.1. The number of furan rings is 1. The number of carboxylic acids is 1. The minimum atomic E-state index is -3.25. The maximum Gasteiger partial charge on any atom is 0.323 e. The Kier molecular flexibility index (Phi) is 2.27. The van der Waals surface area contributed by atoms with Gasteiger partial charge in [0.25, 0.3) is 5.92 Å². The number of aliphatic carboxylic acids is 1. The fraction of sp³-hybridized carbons (Fsp3) is 0.500. The molecule has 1 fully saturated rings. The zero-order chi connectivity index (χ0) is 12.0. The standard InChI is InChI=1S/C10H10F2O4/c1-15-4-6-2-3-16-7(6)9(8(13)14)5-10(9,11)12/h2-3H,4-5H2,1H3,(H,13,14). The Hall–Kier alpha value is -1.43. The first-order valence-electron chi connectivity index (χ1n) is 4.63. The van der Waals surface area contributed by atoms with Crippen LogP contribution in [0.15, 0.2) is 16.7 Å². The molecule has 1 heterocycles. The second kappa shape index (κ2) is 3.28. The Balaban J connectivity index is 2.43. The summed E-state index contributed by atoms with van der Waals surface area (Å²) in [6.45, 7) is 0.0525. The van der Waals surface area contributed by atoms with E-state index in [4.69, 9.17) is 14.3 Å². The van der Waals surface area contributed by atoms with E-state index in [0.29, 0.717) is 5.56 Å². The van der Waals surface area contributed by atoms with Crippen molar-refractivity contribution in [2.75, 3.05) is 7.11 Å². The van der Waals surface area contributed by atoms with E-state index in [9.17, 15) is 13.6 Å². The highest BCUT2D eigenvalue weighted by atomic mass is 19.3. The van der Waals surface area contributed by atoms with Crippen molar-refractivity contribution < 1.29 is 27.8 Å². The summed E-state index contributed by atoms with van der Waals surface area (Å²) in [7, 11) is 1.40. The number of hydrogen-bond donors (Lipinski definition) is 1. The van der Waals surface area contributed by atoms with Gasteiger partial charge in [-0.3, -0.25) is 4.79 Å². The van der Waals surface area contributed by atoms with Crippen LogP contribution in [-0.4, -0.2) is 24.1 Å². The van der Waals surface area contributed by atoms with Gasteiger partial charge in [-0.25, -0.2) is 8.78 Å². The van der Waals surface area contributed by atoms with Gasteiger partial charge in [0.2, 0.25) is 0 Å². The van der Waals surface area contributed by atoms with Gasteiger partial charge in [0.15, 0.2) is 5.41 Å². The topological polar surface area (TPSA) is 59.7 Å². The van der Waals surface area contributed by atoms with E-state index in [1.54, 1.807) is 0 Å². The summed E-state index contributed by atoms with van der Waals surface area (Å²) >= 11 is 0. The van der Waals surface area contributed by atoms with E-state index in [-0.39, 0.29) is 12.4 Å². The van der Waals surface area contributed by atoms with Gasteiger partial charge in [-0.05, 0) is 6.07 Å². The number of halogens is 2. The maximum atomic E-state index is 13.2. The Labute approximate surface area is 89.8 Å². The molecule has 0 saturated heterocycles. The van der Waals surface area contributed by atoms with Crippen molar-refractivity contribution in [1.82, 2.24) is 0 Å². The minimum absolute atomic E-state index is 0.0525. The molecule has 1 aliphatic rings. The molecule has 6 heteroatoms. The monoisotopic (exact) mass is 232 g/mol. The lowest BCUT2D eigenvalue weighted by atomic mass is 9.99. The second-order valence-corrected chi connectivity index (χ2v) is 3.80. The van der Waals surface area contributed by atoms with Gasteiger partial charge >= 0.3 is 5.97 Å². The fourth-order valence-electron chi connectivity index (χ4n) is 1.84. The van der Waals surface area contributed by atoms with Crippen molar-refractivity contribution in [3.05, 3.63) is 23.7 Å². The summed E-state index contributed by atoms with van der Waals surface area (Å²) < 4.78 is 36.1. The molecule has 1 saturated carbocycles. The van der Waals surface area contributed by atoms with Crippen LogP contribution < -0.4 is 0 Å². The van der Waals surface area contributed by atoms with E-state index in [2.05, 4.69) is 0 Å². The van der Waals surface area contributed by atoms with Gasteiger partial charge in [-0.2, -0.15) is 0 Å².